The van der Waals surface area contributed by atoms with Crippen molar-refractivity contribution in [3.05, 3.63) is 27.7 Å². The molecule has 1 aromatic carbocycles. The molecule has 1 fully saturated rings. The van der Waals surface area contributed by atoms with Gasteiger partial charge in [0.05, 0.1) is 12.2 Å². The molecule has 0 radical (unpaired) electrons. The maximum Gasteiger partial charge on any atom is 0.125 e. The van der Waals surface area contributed by atoms with Crippen LogP contribution in [0.1, 0.15) is 36.8 Å². The third-order valence-corrected chi connectivity index (χ3v) is 5.13. The molecule has 1 aromatic rings. The number of aliphatic hydroxyl groups is 1. The zero-order chi connectivity index (χ0) is 14.2. The van der Waals surface area contributed by atoms with Crippen LogP contribution in [0.3, 0.4) is 0 Å². The fraction of sp³-hybridized carbons (Fsp3) is 0.625. The van der Waals surface area contributed by atoms with E-state index in [9.17, 15) is 5.11 Å². The number of hydrogen-bond donors (Lipinski definition) is 2. The topological polar surface area (TPSA) is 41.5 Å². The van der Waals surface area contributed by atoms with Gasteiger partial charge in [0.1, 0.15) is 5.75 Å². The summed E-state index contributed by atoms with van der Waals surface area (Å²) < 4.78 is 6.86. The Hall–Kier alpha value is -0.580. The summed E-state index contributed by atoms with van der Waals surface area (Å²) >= 11 is 3.57. The molecular formula is C16H22BrNO2. The van der Waals surface area contributed by atoms with Gasteiger partial charge in [-0.2, -0.15) is 0 Å². The molecule has 1 aliphatic carbocycles. The zero-order valence-corrected chi connectivity index (χ0v) is 13.5. The van der Waals surface area contributed by atoms with Crippen molar-refractivity contribution >= 4 is 15.9 Å². The molecule has 0 bridgehead atoms. The average molecular weight is 340 g/mol. The van der Waals surface area contributed by atoms with Gasteiger partial charge in [0, 0.05) is 23.4 Å². The largest absolute Gasteiger partial charge is 0.493 e. The molecule has 3 nitrogen and oxygen atoms in total. The molecule has 2 N–H and O–H groups in total. The molecule has 3 rings (SSSR count). The minimum absolute atomic E-state index is 0.555. The fourth-order valence-electron chi connectivity index (χ4n) is 3.45. The summed E-state index contributed by atoms with van der Waals surface area (Å²) in [6.45, 7) is 0.763. The number of fused-ring (bicyclic) bond motifs is 1. The third-order valence-electron chi connectivity index (χ3n) is 4.67. The van der Waals surface area contributed by atoms with E-state index in [4.69, 9.17) is 4.74 Å². The molecule has 0 unspecified atom stereocenters. The molecule has 0 saturated heterocycles. The SMILES string of the molecule is CNC1CCC(O)(Cc2cc(Br)cc3c2OCC3)CC1. The highest BCUT2D eigenvalue weighted by molar-refractivity contribution is 9.10. The Balaban J connectivity index is 1.78. The standard InChI is InChI=1S/C16H22BrNO2/c1-18-14-2-5-16(19,6-3-14)10-12-9-13(17)8-11-4-7-20-15(11)12/h8-9,14,18-19H,2-7,10H2,1H3. The van der Waals surface area contributed by atoms with Gasteiger partial charge in [0.2, 0.25) is 0 Å². The lowest BCUT2D eigenvalue weighted by molar-refractivity contribution is -0.00285. The van der Waals surface area contributed by atoms with E-state index in [0.29, 0.717) is 12.5 Å². The van der Waals surface area contributed by atoms with Gasteiger partial charge in [-0.3, -0.25) is 0 Å². The second kappa shape index (κ2) is 5.66. The van der Waals surface area contributed by atoms with Crippen molar-refractivity contribution in [2.45, 2.75) is 50.2 Å². The first-order chi connectivity index (χ1) is 9.59. The number of nitrogens with one attached hydrogen (secondary N) is 1. The predicted octanol–water partition coefficient (Wildman–Crippen LogP) is 2.82. The number of halogens is 1. The summed E-state index contributed by atoms with van der Waals surface area (Å²) in [6, 6.07) is 4.79. The lowest BCUT2D eigenvalue weighted by Crippen LogP contribution is -2.41. The Morgan fingerprint density at radius 1 is 1.40 bits per heavy atom. The second-order valence-corrected chi connectivity index (χ2v) is 7.03. The maximum absolute atomic E-state index is 10.9. The monoisotopic (exact) mass is 339 g/mol. The highest BCUT2D eigenvalue weighted by atomic mass is 79.9. The first kappa shape index (κ1) is 14.4. The second-order valence-electron chi connectivity index (χ2n) is 6.12. The minimum atomic E-state index is -0.576. The van der Waals surface area contributed by atoms with Crippen LogP contribution in [0, 0.1) is 0 Å². The summed E-state index contributed by atoms with van der Waals surface area (Å²) in [4.78, 5) is 0. The van der Waals surface area contributed by atoms with Gasteiger partial charge in [-0.05, 0) is 56.0 Å². The highest BCUT2D eigenvalue weighted by Crippen LogP contribution is 2.38. The molecule has 1 saturated carbocycles. The van der Waals surface area contributed by atoms with Crippen molar-refractivity contribution in [1.82, 2.24) is 5.32 Å². The van der Waals surface area contributed by atoms with Crippen molar-refractivity contribution < 1.29 is 9.84 Å². The van der Waals surface area contributed by atoms with E-state index in [-0.39, 0.29) is 0 Å². The van der Waals surface area contributed by atoms with Crippen molar-refractivity contribution in [2.75, 3.05) is 13.7 Å². The summed E-state index contributed by atoms with van der Waals surface area (Å²) in [7, 11) is 2.00. The summed E-state index contributed by atoms with van der Waals surface area (Å²) in [5.41, 5.74) is 1.84. The van der Waals surface area contributed by atoms with E-state index in [1.807, 2.05) is 7.05 Å². The van der Waals surface area contributed by atoms with Crippen LogP contribution in [-0.4, -0.2) is 30.4 Å². The predicted molar refractivity (Wildman–Crippen MR) is 83.3 cm³/mol. The lowest BCUT2D eigenvalue weighted by atomic mass is 9.78. The van der Waals surface area contributed by atoms with Gasteiger partial charge in [0.25, 0.3) is 0 Å². The van der Waals surface area contributed by atoms with E-state index >= 15 is 0 Å². The van der Waals surface area contributed by atoms with Crippen molar-refractivity contribution in [3.8, 4) is 5.75 Å². The Bertz CT molecular complexity index is 495. The Morgan fingerprint density at radius 3 is 2.85 bits per heavy atom. The van der Waals surface area contributed by atoms with E-state index in [0.717, 1.165) is 54.5 Å². The van der Waals surface area contributed by atoms with Crippen molar-refractivity contribution in [3.63, 3.8) is 0 Å². The van der Waals surface area contributed by atoms with Crippen LogP contribution < -0.4 is 10.1 Å². The van der Waals surface area contributed by atoms with Crippen LogP contribution in [-0.2, 0) is 12.8 Å². The Labute approximate surface area is 128 Å². The van der Waals surface area contributed by atoms with Gasteiger partial charge in [-0.25, -0.2) is 0 Å². The molecule has 4 heteroatoms. The Kier molecular flexibility index (Phi) is 4.07. The first-order valence-electron chi connectivity index (χ1n) is 7.43. The molecule has 0 atom stereocenters. The number of ether oxygens (including phenoxy) is 1. The van der Waals surface area contributed by atoms with Gasteiger partial charge in [-0.15, -0.1) is 0 Å². The molecular weight excluding hydrogens is 318 g/mol. The van der Waals surface area contributed by atoms with Crippen LogP contribution in [0.25, 0.3) is 0 Å². The average Bonchev–Trinajstić information content (AvgIpc) is 2.87. The molecule has 2 aliphatic rings. The molecule has 1 heterocycles. The van der Waals surface area contributed by atoms with Gasteiger partial charge in [-0.1, -0.05) is 15.9 Å². The van der Waals surface area contributed by atoms with Crippen LogP contribution in [0.4, 0.5) is 0 Å². The van der Waals surface area contributed by atoms with Crippen molar-refractivity contribution in [1.29, 1.82) is 0 Å². The fourth-order valence-corrected chi connectivity index (χ4v) is 4.01. The summed E-state index contributed by atoms with van der Waals surface area (Å²) in [6.07, 6.45) is 5.49. The molecule has 110 valence electrons. The van der Waals surface area contributed by atoms with E-state index in [2.05, 4.69) is 33.4 Å². The van der Waals surface area contributed by atoms with Crippen LogP contribution in [0.15, 0.2) is 16.6 Å². The molecule has 0 aromatic heterocycles. The number of hydrogen-bond acceptors (Lipinski definition) is 3. The van der Waals surface area contributed by atoms with Crippen LogP contribution in [0.2, 0.25) is 0 Å². The van der Waals surface area contributed by atoms with E-state index in [1.54, 1.807) is 0 Å². The number of benzene rings is 1. The quantitative estimate of drug-likeness (QED) is 0.889. The van der Waals surface area contributed by atoms with E-state index in [1.165, 1.54) is 5.56 Å². The third kappa shape index (κ3) is 2.87. The van der Waals surface area contributed by atoms with Crippen LogP contribution in [0.5, 0.6) is 5.75 Å². The lowest BCUT2D eigenvalue weighted by Gasteiger charge is -2.36. The number of rotatable bonds is 3. The van der Waals surface area contributed by atoms with Gasteiger partial charge in [0.15, 0.2) is 0 Å². The van der Waals surface area contributed by atoms with E-state index < -0.39 is 5.60 Å². The van der Waals surface area contributed by atoms with Gasteiger partial charge < -0.3 is 15.2 Å². The normalized spacial score (nSPS) is 29.1. The molecule has 20 heavy (non-hydrogen) atoms. The summed E-state index contributed by atoms with van der Waals surface area (Å²) in [5.74, 6) is 1.01. The van der Waals surface area contributed by atoms with Crippen LogP contribution >= 0.6 is 15.9 Å². The highest BCUT2D eigenvalue weighted by Gasteiger charge is 2.34. The smallest absolute Gasteiger partial charge is 0.125 e. The molecule has 0 amide bonds. The Morgan fingerprint density at radius 2 is 2.15 bits per heavy atom. The molecule has 0 spiro atoms. The minimum Gasteiger partial charge on any atom is -0.493 e. The maximum atomic E-state index is 10.9. The molecule has 1 aliphatic heterocycles. The summed E-state index contributed by atoms with van der Waals surface area (Å²) in [5, 5.41) is 14.2. The zero-order valence-electron chi connectivity index (χ0n) is 11.9. The van der Waals surface area contributed by atoms with Crippen molar-refractivity contribution in [2.24, 2.45) is 0 Å². The van der Waals surface area contributed by atoms with Gasteiger partial charge >= 0.3 is 0 Å². The first-order valence-corrected chi connectivity index (χ1v) is 8.23.